The minimum atomic E-state index is -3.94. The van der Waals surface area contributed by atoms with Crippen molar-refractivity contribution >= 4 is 26.7 Å². The van der Waals surface area contributed by atoms with Gasteiger partial charge in [0.1, 0.15) is 10.6 Å². The van der Waals surface area contributed by atoms with Crippen molar-refractivity contribution in [3.05, 3.63) is 71.6 Å². The van der Waals surface area contributed by atoms with Gasteiger partial charge in [0.15, 0.2) is 11.5 Å². The van der Waals surface area contributed by atoms with Crippen LogP contribution < -0.4 is 0 Å². The lowest BCUT2D eigenvalue weighted by Gasteiger charge is -2.17. The molecule has 4 aromatic rings. The molecule has 0 aliphatic carbocycles. The van der Waals surface area contributed by atoms with E-state index in [0.717, 1.165) is 26.5 Å². The number of rotatable bonds is 7. The van der Waals surface area contributed by atoms with Gasteiger partial charge in [0, 0.05) is 24.5 Å². The Morgan fingerprint density at radius 3 is 2.34 bits per heavy atom. The van der Waals surface area contributed by atoms with E-state index in [9.17, 15) is 13.2 Å². The summed E-state index contributed by atoms with van der Waals surface area (Å²) in [5.41, 5.74) is 3.44. The largest absolute Gasteiger partial charge is 0.360 e. The van der Waals surface area contributed by atoms with E-state index >= 15 is 0 Å². The highest BCUT2D eigenvalue weighted by atomic mass is 32.2. The molecule has 0 spiro atoms. The predicted molar refractivity (Wildman–Crippen MR) is 123 cm³/mol. The van der Waals surface area contributed by atoms with E-state index in [1.54, 1.807) is 13.8 Å². The number of likely N-dealkylation sites (N-methyl/N-ethyl adjacent to an activating group) is 1. The van der Waals surface area contributed by atoms with E-state index < -0.39 is 10.0 Å². The molecular weight excluding hydrogens is 426 g/mol. The summed E-state index contributed by atoms with van der Waals surface area (Å²) in [7, 11) is -2.54. The first-order valence-electron chi connectivity index (χ1n) is 10.4. The summed E-state index contributed by atoms with van der Waals surface area (Å²) in [4.78, 5) is 13.6. The van der Waals surface area contributed by atoms with Gasteiger partial charge in [-0.25, -0.2) is 8.42 Å². The van der Waals surface area contributed by atoms with Gasteiger partial charge in [-0.3, -0.25) is 4.79 Å². The standard InChI is InChI=1S/C24H25N3O4S/c1-5-27-20-14-10-9-13-19(20)22(23(27)18-11-7-6-8-12-18)21(28)15-26(4)32(29,30)24-16(2)25-31-17(24)3/h6-14H,5,15H2,1-4H3. The zero-order valence-corrected chi connectivity index (χ0v) is 19.3. The molecule has 2 aromatic heterocycles. The molecule has 0 bridgehead atoms. The van der Waals surface area contributed by atoms with Crippen LogP contribution in [0.4, 0.5) is 0 Å². The number of para-hydroxylation sites is 1. The minimum Gasteiger partial charge on any atom is -0.360 e. The number of ketones is 1. The Kier molecular flexibility index (Phi) is 5.75. The topological polar surface area (TPSA) is 85.4 Å². The van der Waals surface area contributed by atoms with E-state index in [0.29, 0.717) is 12.1 Å². The van der Waals surface area contributed by atoms with Crippen LogP contribution in [0.5, 0.6) is 0 Å². The van der Waals surface area contributed by atoms with Gasteiger partial charge in [0.05, 0.1) is 17.8 Å². The number of nitrogens with zero attached hydrogens (tertiary/aromatic N) is 3. The molecule has 0 saturated carbocycles. The highest BCUT2D eigenvalue weighted by Gasteiger charge is 2.31. The average Bonchev–Trinajstić information content (AvgIpc) is 3.30. The first-order chi connectivity index (χ1) is 15.3. The van der Waals surface area contributed by atoms with Crippen molar-refractivity contribution in [3.63, 3.8) is 0 Å². The molecule has 0 atom stereocenters. The van der Waals surface area contributed by atoms with E-state index in [4.69, 9.17) is 4.52 Å². The fourth-order valence-corrected chi connectivity index (χ4v) is 5.59. The van der Waals surface area contributed by atoms with Gasteiger partial charge in [-0.05, 0) is 32.4 Å². The summed E-state index contributed by atoms with van der Waals surface area (Å²) in [5, 5.41) is 4.55. The number of sulfonamides is 1. The maximum Gasteiger partial charge on any atom is 0.248 e. The second kappa shape index (κ2) is 8.37. The molecule has 8 heteroatoms. The van der Waals surface area contributed by atoms with Gasteiger partial charge >= 0.3 is 0 Å². The maximum atomic E-state index is 13.6. The third kappa shape index (κ3) is 3.55. The van der Waals surface area contributed by atoms with E-state index in [-0.39, 0.29) is 28.7 Å². The molecule has 0 N–H and O–H groups in total. The zero-order valence-electron chi connectivity index (χ0n) is 18.5. The Hall–Kier alpha value is -3.23. The zero-order chi connectivity index (χ0) is 23.0. The van der Waals surface area contributed by atoms with Crippen LogP contribution in [0.25, 0.3) is 22.2 Å². The van der Waals surface area contributed by atoms with Gasteiger partial charge in [0.25, 0.3) is 0 Å². The summed E-state index contributed by atoms with van der Waals surface area (Å²) in [6, 6.07) is 17.4. The molecule has 0 aliphatic rings. The minimum absolute atomic E-state index is 0.00655. The lowest BCUT2D eigenvalue weighted by molar-refractivity contribution is 0.0975. The molecule has 2 heterocycles. The monoisotopic (exact) mass is 451 g/mol. The van der Waals surface area contributed by atoms with Crippen molar-refractivity contribution in [2.45, 2.75) is 32.2 Å². The van der Waals surface area contributed by atoms with Crippen molar-refractivity contribution in [3.8, 4) is 11.3 Å². The van der Waals surface area contributed by atoms with Crippen molar-refractivity contribution in [2.24, 2.45) is 0 Å². The normalized spacial score (nSPS) is 12.0. The lowest BCUT2D eigenvalue weighted by Crippen LogP contribution is -2.33. The Bertz CT molecular complexity index is 1380. The Morgan fingerprint density at radius 2 is 1.72 bits per heavy atom. The number of benzene rings is 2. The van der Waals surface area contributed by atoms with Gasteiger partial charge in [-0.1, -0.05) is 53.7 Å². The van der Waals surface area contributed by atoms with Crippen LogP contribution in [-0.4, -0.2) is 41.8 Å². The smallest absolute Gasteiger partial charge is 0.248 e. The molecule has 2 aromatic carbocycles. The molecule has 0 fully saturated rings. The maximum absolute atomic E-state index is 13.6. The number of aromatic nitrogens is 2. The van der Waals surface area contributed by atoms with Gasteiger partial charge in [-0.2, -0.15) is 4.31 Å². The third-order valence-corrected chi connectivity index (χ3v) is 7.66. The van der Waals surface area contributed by atoms with Crippen LogP contribution in [-0.2, 0) is 16.6 Å². The second-order valence-electron chi connectivity index (χ2n) is 7.69. The molecule has 4 rings (SSSR count). The third-order valence-electron chi connectivity index (χ3n) is 5.62. The van der Waals surface area contributed by atoms with Crippen LogP contribution in [0.1, 0.15) is 28.7 Å². The Labute approximate surface area is 187 Å². The second-order valence-corrected chi connectivity index (χ2v) is 9.67. The number of carbonyl (C=O) groups is 1. The summed E-state index contributed by atoms with van der Waals surface area (Å²) in [6.45, 7) is 5.52. The Balaban J connectivity index is 1.82. The molecule has 7 nitrogen and oxygen atoms in total. The van der Waals surface area contributed by atoms with Gasteiger partial charge in [-0.15, -0.1) is 0 Å². The van der Waals surface area contributed by atoms with E-state index in [1.165, 1.54) is 7.05 Å². The summed E-state index contributed by atoms with van der Waals surface area (Å²) in [5.74, 6) is -0.0700. The number of hydrogen-bond donors (Lipinski definition) is 0. The quantitative estimate of drug-likeness (QED) is 0.388. The fraction of sp³-hybridized carbons (Fsp3) is 0.250. The van der Waals surface area contributed by atoms with Crippen molar-refractivity contribution in [1.29, 1.82) is 0 Å². The molecular formula is C24H25N3O4S. The van der Waals surface area contributed by atoms with Crippen LogP contribution in [0.15, 0.2) is 64.0 Å². The highest BCUT2D eigenvalue weighted by Crippen LogP contribution is 2.34. The molecule has 32 heavy (non-hydrogen) atoms. The van der Waals surface area contributed by atoms with Crippen molar-refractivity contribution in [1.82, 2.24) is 14.0 Å². The van der Waals surface area contributed by atoms with E-state index in [2.05, 4.69) is 9.72 Å². The number of carbonyl (C=O) groups excluding carboxylic acids is 1. The molecule has 0 radical (unpaired) electrons. The number of hydrogen-bond acceptors (Lipinski definition) is 5. The van der Waals surface area contributed by atoms with Crippen LogP contribution in [0, 0.1) is 13.8 Å². The summed E-state index contributed by atoms with van der Waals surface area (Å²) < 4.78 is 34.5. The van der Waals surface area contributed by atoms with Gasteiger partial charge < -0.3 is 9.09 Å². The fourth-order valence-electron chi connectivity index (χ4n) is 4.18. The Morgan fingerprint density at radius 1 is 1.06 bits per heavy atom. The summed E-state index contributed by atoms with van der Waals surface area (Å²) >= 11 is 0. The first kappa shape index (κ1) is 22.0. The van der Waals surface area contributed by atoms with Crippen LogP contribution in [0.3, 0.4) is 0 Å². The number of Topliss-reactive ketones (excluding diaryl/α,β-unsaturated/α-hetero) is 1. The van der Waals surface area contributed by atoms with E-state index in [1.807, 2.05) is 61.5 Å². The van der Waals surface area contributed by atoms with Crippen molar-refractivity contribution in [2.75, 3.05) is 13.6 Å². The molecule has 0 amide bonds. The number of aryl methyl sites for hydroxylation is 3. The predicted octanol–water partition coefficient (Wildman–Crippen LogP) is 4.44. The molecule has 0 saturated heterocycles. The first-order valence-corrected chi connectivity index (χ1v) is 11.8. The molecule has 0 aliphatic heterocycles. The lowest BCUT2D eigenvalue weighted by atomic mass is 10.0. The van der Waals surface area contributed by atoms with Gasteiger partial charge in [0.2, 0.25) is 10.0 Å². The summed E-state index contributed by atoms with van der Waals surface area (Å²) in [6.07, 6.45) is 0. The highest BCUT2D eigenvalue weighted by molar-refractivity contribution is 7.89. The van der Waals surface area contributed by atoms with Crippen LogP contribution >= 0.6 is 0 Å². The van der Waals surface area contributed by atoms with Crippen LogP contribution in [0.2, 0.25) is 0 Å². The molecule has 166 valence electrons. The average molecular weight is 452 g/mol. The SMILES string of the molecule is CCn1c(-c2ccccc2)c(C(=O)CN(C)S(=O)(=O)c2c(C)noc2C)c2ccccc21. The molecule has 0 unspecified atom stereocenters. The number of fused-ring (bicyclic) bond motifs is 1. The van der Waals surface area contributed by atoms with Crippen molar-refractivity contribution < 1.29 is 17.7 Å².